The number of fused-ring (bicyclic) bond motifs is 1. The standard InChI is InChI=1S/C16H15NO3S2/c18-22(19,16-6-3-11-21-16)17-9-10-20-15-8-7-13-4-1-2-5-14(13)12-15/h1-8,11-12,17H,9-10H2. The molecule has 0 aliphatic carbocycles. The Morgan fingerprint density at radius 1 is 1.00 bits per heavy atom. The molecule has 0 atom stereocenters. The number of rotatable bonds is 6. The summed E-state index contributed by atoms with van der Waals surface area (Å²) in [5.74, 6) is 0.731. The average molecular weight is 333 g/mol. The molecule has 4 nitrogen and oxygen atoms in total. The number of benzene rings is 2. The molecule has 0 saturated carbocycles. The van der Waals surface area contributed by atoms with Crippen LogP contribution in [0.2, 0.25) is 0 Å². The fourth-order valence-corrected chi connectivity index (χ4v) is 4.14. The SMILES string of the molecule is O=S(=O)(NCCOc1ccc2ccccc2c1)c1cccs1. The van der Waals surface area contributed by atoms with E-state index in [4.69, 9.17) is 4.74 Å². The molecule has 0 spiro atoms. The third-order valence-electron chi connectivity index (χ3n) is 3.14. The number of hydrogen-bond acceptors (Lipinski definition) is 4. The summed E-state index contributed by atoms with van der Waals surface area (Å²) in [5.41, 5.74) is 0. The molecule has 2 aromatic carbocycles. The van der Waals surface area contributed by atoms with Gasteiger partial charge in [0.1, 0.15) is 16.6 Å². The van der Waals surface area contributed by atoms with Crippen molar-refractivity contribution in [2.45, 2.75) is 4.21 Å². The van der Waals surface area contributed by atoms with Crippen LogP contribution in [0.5, 0.6) is 5.75 Å². The molecule has 0 saturated heterocycles. The maximum absolute atomic E-state index is 11.9. The second-order valence-electron chi connectivity index (χ2n) is 4.69. The second kappa shape index (κ2) is 6.48. The van der Waals surface area contributed by atoms with Gasteiger partial charge in [-0.2, -0.15) is 0 Å². The van der Waals surface area contributed by atoms with Gasteiger partial charge in [0.15, 0.2) is 0 Å². The van der Waals surface area contributed by atoms with E-state index < -0.39 is 10.0 Å². The Morgan fingerprint density at radius 3 is 2.59 bits per heavy atom. The van der Waals surface area contributed by atoms with Gasteiger partial charge in [0.25, 0.3) is 0 Å². The predicted octanol–water partition coefficient (Wildman–Crippen LogP) is 3.26. The van der Waals surface area contributed by atoms with Crippen LogP contribution in [0.1, 0.15) is 0 Å². The first-order valence-corrected chi connectivity index (χ1v) is 9.16. The fourth-order valence-electron chi connectivity index (χ4n) is 2.09. The smallest absolute Gasteiger partial charge is 0.250 e. The lowest BCUT2D eigenvalue weighted by atomic mass is 10.1. The Hall–Kier alpha value is -1.89. The van der Waals surface area contributed by atoms with Crippen molar-refractivity contribution >= 4 is 32.1 Å². The lowest BCUT2D eigenvalue weighted by Crippen LogP contribution is -2.27. The van der Waals surface area contributed by atoms with E-state index in [9.17, 15) is 8.42 Å². The molecule has 1 heterocycles. The molecule has 3 rings (SSSR count). The summed E-state index contributed by atoms with van der Waals surface area (Å²) in [6.07, 6.45) is 0. The normalized spacial score (nSPS) is 11.6. The first-order valence-electron chi connectivity index (χ1n) is 6.80. The Kier molecular flexibility index (Phi) is 4.42. The highest BCUT2D eigenvalue weighted by atomic mass is 32.2. The molecular weight excluding hydrogens is 318 g/mol. The first kappa shape index (κ1) is 15.0. The van der Waals surface area contributed by atoms with Crippen LogP contribution in [-0.4, -0.2) is 21.6 Å². The third kappa shape index (κ3) is 3.47. The van der Waals surface area contributed by atoms with Gasteiger partial charge in [-0.05, 0) is 34.4 Å². The van der Waals surface area contributed by atoms with E-state index in [0.717, 1.165) is 16.5 Å². The molecule has 0 unspecified atom stereocenters. The van der Waals surface area contributed by atoms with Crippen LogP contribution in [0.3, 0.4) is 0 Å². The van der Waals surface area contributed by atoms with Gasteiger partial charge < -0.3 is 4.74 Å². The molecule has 114 valence electrons. The Morgan fingerprint density at radius 2 is 1.82 bits per heavy atom. The zero-order chi connectivity index (χ0) is 15.4. The highest BCUT2D eigenvalue weighted by Crippen LogP contribution is 2.20. The highest BCUT2D eigenvalue weighted by molar-refractivity contribution is 7.91. The molecular formula is C16H15NO3S2. The lowest BCUT2D eigenvalue weighted by Gasteiger charge is -2.08. The van der Waals surface area contributed by atoms with Gasteiger partial charge in [0, 0.05) is 6.54 Å². The molecule has 0 fully saturated rings. The molecule has 6 heteroatoms. The highest BCUT2D eigenvalue weighted by Gasteiger charge is 2.13. The molecule has 0 radical (unpaired) electrons. The quantitative estimate of drug-likeness (QED) is 0.705. The predicted molar refractivity (Wildman–Crippen MR) is 89.0 cm³/mol. The van der Waals surface area contributed by atoms with E-state index in [0.29, 0.717) is 4.21 Å². The summed E-state index contributed by atoms with van der Waals surface area (Å²) in [7, 11) is -3.42. The van der Waals surface area contributed by atoms with Crippen LogP contribution < -0.4 is 9.46 Å². The number of ether oxygens (including phenoxy) is 1. The van der Waals surface area contributed by atoms with Crippen LogP contribution in [0.25, 0.3) is 10.8 Å². The topological polar surface area (TPSA) is 55.4 Å². The first-order chi connectivity index (χ1) is 10.6. The van der Waals surface area contributed by atoms with Crippen LogP contribution in [0.15, 0.2) is 64.2 Å². The summed E-state index contributed by atoms with van der Waals surface area (Å²) in [5, 5.41) is 3.98. The van der Waals surface area contributed by atoms with Gasteiger partial charge in [0.2, 0.25) is 10.0 Å². The van der Waals surface area contributed by atoms with E-state index in [1.807, 2.05) is 42.5 Å². The third-order valence-corrected chi connectivity index (χ3v) is 6.00. The van der Waals surface area contributed by atoms with E-state index in [1.54, 1.807) is 17.5 Å². The average Bonchev–Trinajstić information content (AvgIpc) is 3.07. The van der Waals surface area contributed by atoms with Gasteiger partial charge in [-0.1, -0.05) is 36.4 Å². The Bertz CT molecular complexity index is 858. The number of hydrogen-bond donors (Lipinski definition) is 1. The van der Waals surface area contributed by atoms with E-state index in [1.165, 1.54) is 11.3 Å². The van der Waals surface area contributed by atoms with Gasteiger partial charge in [0.05, 0.1) is 0 Å². The van der Waals surface area contributed by atoms with Crippen LogP contribution in [0, 0.1) is 0 Å². The van der Waals surface area contributed by atoms with Gasteiger partial charge in [-0.3, -0.25) is 0 Å². The van der Waals surface area contributed by atoms with Crippen LogP contribution in [0.4, 0.5) is 0 Å². The number of nitrogens with one attached hydrogen (secondary N) is 1. The van der Waals surface area contributed by atoms with Crippen molar-refractivity contribution in [2.75, 3.05) is 13.2 Å². The van der Waals surface area contributed by atoms with Gasteiger partial charge in [-0.15, -0.1) is 11.3 Å². The Labute approximate surface area is 133 Å². The molecule has 3 aromatic rings. The maximum Gasteiger partial charge on any atom is 0.250 e. The summed E-state index contributed by atoms with van der Waals surface area (Å²) in [4.78, 5) is 0. The van der Waals surface area contributed by atoms with Crippen molar-refractivity contribution in [2.24, 2.45) is 0 Å². The molecule has 1 aromatic heterocycles. The van der Waals surface area contributed by atoms with Crippen LogP contribution >= 0.6 is 11.3 Å². The molecule has 22 heavy (non-hydrogen) atoms. The maximum atomic E-state index is 11.9. The second-order valence-corrected chi connectivity index (χ2v) is 7.63. The van der Waals surface area contributed by atoms with Crippen LogP contribution in [-0.2, 0) is 10.0 Å². The molecule has 0 bridgehead atoms. The zero-order valence-electron chi connectivity index (χ0n) is 11.7. The Balaban J connectivity index is 1.56. The van der Waals surface area contributed by atoms with Gasteiger partial charge in [-0.25, -0.2) is 13.1 Å². The summed E-state index contributed by atoms with van der Waals surface area (Å²) in [6, 6.07) is 17.1. The van der Waals surface area contributed by atoms with Crippen molar-refractivity contribution in [3.63, 3.8) is 0 Å². The fraction of sp³-hybridized carbons (Fsp3) is 0.125. The van der Waals surface area contributed by atoms with Gasteiger partial charge >= 0.3 is 0 Å². The molecule has 0 amide bonds. The summed E-state index contributed by atoms with van der Waals surface area (Å²) in [6.45, 7) is 0.510. The molecule has 0 aliphatic heterocycles. The van der Waals surface area contributed by atoms with Crippen molar-refractivity contribution < 1.29 is 13.2 Å². The molecule has 1 N–H and O–H groups in total. The van der Waals surface area contributed by atoms with Crippen molar-refractivity contribution in [1.82, 2.24) is 4.72 Å². The molecule has 0 aliphatic rings. The summed E-state index contributed by atoms with van der Waals surface area (Å²) >= 11 is 1.19. The monoisotopic (exact) mass is 333 g/mol. The lowest BCUT2D eigenvalue weighted by molar-refractivity contribution is 0.323. The minimum absolute atomic E-state index is 0.229. The van der Waals surface area contributed by atoms with E-state index in [-0.39, 0.29) is 13.2 Å². The number of thiophene rings is 1. The van der Waals surface area contributed by atoms with Crippen molar-refractivity contribution in [3.8, 4) is 5.75 Å². The summed E-state index contributed by atoms with van der Waals surface area (Å²) < 4.78 is 32.3. The van der Waals surface area contributed by atoms with Crippen molar-refractivity contribution in [1.29, 1.82) is 0 Å². The zero-order valence-corrected chi connectivity index (χ0v) is 13.4. The minimum atomic E-state index is -3.42. The van der Waals surface area contributed by atoms with E-state index >= 15 is 0 Å². The largest absolute Gasteiger partial charge is 0.492 e. The number of sulfonamides is 1. The van der Waals surface area contributed by atoms with E-state index in [2.05, 4.69) is 4.72 Å². The minimum Gasteiger partial charge on any atom is -0.492 e. The van der Waals surface area contributed by atoms with Crippen molar-refractivity contribution in [3.05, 3.63) is 60.0 Å².